The van der Waals surface area contributed by atoms with Crippen LogP contribution in [0.25, 0.3) is 0 Å². The van der Waals surface area contributed by atoms with Gasteiger partial charge in [-0.3, -0.25) is 0 Å². The van der Waals surface area contributed by atoms with Gasteiger partial charge in [-0.1, -0.05) is 24.6 Å². The minimum Gasteiger partial charge on any atom is -0.392 e. The summed E-state index contributed by atoms with van der Waals surface area (Å²) < 4.78 is 4.97. The van der Waals surface area contributed by atoms with E-state index in [0.717, 1.165) is 28.6 Å². The van der Waals surface area contributed by atoms with Crippen molar-refractivity contribution in [2.24, 2.45) is 0 Å². The zero-order valence-electron chi connectivity index (χ0n) is 11.6. The number of benzene rings is 1. The third-order valence-electron chi connectivity index (χ3n) is 2.82. The summed E-state index contributed by atoms with van der Waals surface area (Å²) in [5.41, 5.74) is 1.08. The fraction of sp³-hybridized carbons (Fsp3) is 0.571. The number of nitrogens with one attached hydrogen (secondary N) is 1. The van der Waals surface area contributed by atoms with Gasteiger partial charge in [-0.15, -0.1) is 11.8 Å². The van der Waals surface area contributed by atoms with Crippen molar-refractivity contribution in [3.63, 3.8) is 0 Å². The summed E-state index contributed by atoms with van der Waals surface area (Å²) in [7, 11) is 1.68. The molecule has 3 nitrogen and oxygen atoms in total. The van der Waals surface area contributed by atoms with E-state index in [4.69, 9.17) is 16.3 Å². The van der Waals surface area contributed by atoms with E-state index >= 15 is 0 Å². The highest BCUT2D eigenvalue weighted by Crippen LogP contribution is 2.29. The minimum atomic E-state index is -0.334. The van der Waals surface area contributed by atoms with Gasteiger partial charge in [0.25, 0.3) is 0 Å². The maximum atomic E-state index is 9.50. The molecule has 0 aromatic heterocycles. The lowest BCUT2D eigenvalue weighted by atomic mass is 10.2. The van der Waals surface area contributed by atoms with Crippen molar-refractivity contribution in [3.8, 4) is 0 Å². The molecule has 0 amide bonds. The molecule has 19 heavy (non-hydrogen) atoms. The number of aliphatic hydroxyl groups is 1. The Kier molecular flexibility index (Phi) is 7.80. The van der Waals surface area contributed by atoms with Gasteiger partial charge in [0.05, 0.1) is 12.7 Å². The van der Waals surface area contributed by atoms with Crippen LogP contribution in [0.4, 0.5) is 0 Å². The molecule has 108 valence electrons. The van der Waals surface area contributed by atoms with Crippen LogP contribution in [0.1, 0.15) is 19.4 Å². The van der Waals surface area contributed by atoms with Gasteiger partial charge in [-0.05, 0) is 24.6 Å². The number of ether oxygens (including phenoxy) is 1. The van der Waals surface area contributed by atoms with Crippen LogP contribution in [-0.4, -0.2) is 36.7 Å². The molecule has 0 radical (unpaired) electrons. The number of methoxy groups -OCH3 is 1. The maximum Gasteiger partial charge on any atom is 0.0631 e. The monoisotopic (exact) mass is 303 g/mol. The molecule has 2 unspecified atom stereocenters. The summed E-state index contributed by atoms with van der Waals surface area (Å²) in [6.45, 7) is 6.04. The van der Waals surface area contributed by atoms with Crippen LogP contribution in [0.3, 0.4) is 0 Å². The summed E-state index contributed by atoms with van der Waals surface area (Å²) in [6, 6.07) is 6.03. The molecule has 0 aliphatic heterocycles. The van der Waals surface area contributed by atoms with Crippen LogP contribution in [0.15, 0.2) is 23.1 Å². The first-order valence-electron chi connectivity index (χ1n) is 6.37. The van der Waals surface area contributed by atoms with Gasteiger partial charge in [-0.25, -0.2) is 0 Å². The average molecular weight is 304 g/mol. The van der Waals surface area contributed by atoms with Gasteiger partial charge in [0.15, 0.2) is 0 Å². The van der Waals surface area contributed by atoms with Crippen molar-refractivity contribution in [1.29, 1.82) is 0 Å². The second kappa shape index (κ2) is 8.82. The van der Waals surface area contributed by atoms with Gasteiger partial charge in [0.1, 0.15) is 0 Å². The van der Waals surface area contributed by atoms with Crippen molar-refractivity contribution >= 4 is 23.4 Å². The normalized spacial score (nSPS) is 14.4. The van der Waals surface area contributed by atoms with Gasteiger partial charge in [-0.2, -0.15) is 0 Å². The zero-order valence-corrected chi connectivity index (χ0v) is 13.2. The number of aliphatic hydroxyl groups excluding tert-OH is 1. The number of thioether (sulfide) groups is 1. The summed E-state index contributed by atoms with van der Waals surface area (Å²) in [5, 5.41) is 13.7. The quantitative estimate of drug-likeness (QED) is 0.572. The molecule has 0 saturated carbocycles. The van der Waals surface area contributed by atoms with Crippen molar-refractivity contribution in [1.82, 2.24) is 5.32 Å². The van der Waals surface area contributed by atoms with Gasteiger partial charge < -0.3 is 15.2 Å². The Labute approximate surface area is 124 Å². The first-order valence-corrected chi connectivity index (χ1v) is 7.63. The predicted octanol–water partition coefficient (Wildman–Crippen LogP) is 2.94. The van der Waals surface area contributed by atoms with Crippen LogP contribution in [0, 0.1) is 0 Å². The van der Waals surface area contributed by atoms with E-state index in [1.54, 1.807) is 25.8 Å². The third-order valence-corrected chi connectivity index (χ3v) is 4.47. The number of halogens is 1. The molecule has 0 aliphatic carbocycles. The van der Waals surface area contributed by atoms with Crippen molar-refractivity contribution < 1.29 is 9.84 Å². The van der Waals surface area contributed by atoms with Crippen molar-refractivity contribution in [2.45, 2.75) is 36.6 Å². The van der Waals surface area contributed by atoms with Crippen LogP contribution in [0.5, 0.6) is 0 Å². The zero-order chi connectivity index (χ0) is 14.3. The first kappa shape index (κ1) is 16.8. The van der Waals surface area contributed by atoms with Gasteiger partial charge in [0, 0.05) is 35.4 Å². The number of hydrogen-bond donors (Lipinski definition) is 2. The molecule has 2 atom stereocenters. The van der Waals surface area contributed by atoms with Gasteiger partial charge in [0.2, 0.25) is 0 Å². The topological polar surface area (TPSA) is 41.5 Å². The lowest BCUT2D eigenvalue weighted by Gasteiger charge is -2.15. The predicted molar refractivity (Wildman–Crippen MR) is 82.0 cm³/mol. The van der Waals surface area contributed by atoms with E-state index in [2.05, 4.69) is 5.32 Å². The molecule has 1 rings (SSSR count). The lowest BCUT2D eigenvalue weighted by Crippen LogP contribution is -2.18. The molecule has 0 heterocycles. The smallest absolute Gasteiger partial charge is 0.0631 e. The molecule has 0 aliphatic rings. The highest BCUT2D eigenvalue weighted by molar-refractivity contribution is 8.00. The highest BCUT2D eigenvalue weighted by Gasteiger charge is 2.11. The molecule has 5 heteroatoms. The second-order valence-electron chi connectivity index (χ2n) is 4.49. The highest BCUT2D eigenvalue weighted by atomic mass is 35.5. The number of rotatable bonds is 8. The third kappa shape index (κ3) is 6.15. The van der Waals surface area contributed by atoms with Crippen molar-refractivity contribution in [2.75, 3.05) is 20.3 Å². The average Bonchev–Trinajstić information content (AvgIpc) is 2.36. The largest absolute Gasteiger partial charge is 0.392 e. The Hall–Kier alpha value is -0.260. The molecule has 1 aromatic carbocycles. The van der Waals surface area contributed by atoms with Crippen LogP contribution >= 0.6 is 23.4 Å². The summed E-state index contributed by atoms with van der Waals surface area (Å²) in [4.78, 5) is 1.08. The van der Waals surface area contributed by atoms with E-state index in [1.165, 1.54) is 0 Å². The molecule has 0 fully saturated rings. The van der Waals surface area contributed by atoms with E-state index in [9.17, 15) is 5.11 Å². The molecule has 2 N–H and O–H groups in total. The molecule has 0 spiro atoms. The lowest BCUT2D eigenvalue weighted by molar-refractivity contribution is 0.196. The Morgan fingerprint density at radius 2 is 2.16 bits per heavy atom. The molecule has 1 aromatic rings. The van der Waals surface area contributed by atoms with E-state index in [0.29, 0.717) is 6.61 Å². The fourth-order valence-electron chi connectivity index (χ4n) is 1.46. The van der Waals surface area contributed by atoms with Crippen LogP contribution in [-0.2, 0) is 11.3 Å². The number of hydrogen-bond acceptors (Lipinski definition) is 4. The van der Waals surface area contributed by atoms with Gasteiger partial charge >= 0.3 is 0 Å². The molecular weight excluding hydrogens is 282 g/mol. The Morgan fingerprint density at radius 3 is 2.74 bits per heavy atom. The van der Waals surface area contributed by atoms with Crippen LogP contribution < -0.4 is 5.32 Å². The summed E-state index contributed by atoms with van der Waals surface area (Å²) in [5.74, 6) is 0. The maximum absolute atomic E-state index is 9.50. The molecular formula is C14H22ClNO2S. The van der Waals surface area contributed by atoms with E-state index in [1.807, 2.05) is 25.1 Å². The summed E-state index contributed by atoms with van der Waals surface area (Å²) in [6.07, 6.45) is -0.334. The Balaban J connectivity index is 2.54. The van der Waals surface area contributed by atoms with E-state index in [-0.39, 0.29) is 11.4 Å². The van der Waals surface area contributed by atoms with Crippen molar-refractivity contribution in [3.05, 3.63) is 28.8 Å². The fourth-order valence-corrected chi connectivity index (χ4v) is 2.73. The first-order chi connectivity index (χ1) is 9.04. The standard InChI is InChI=1S/C14H22ClNO2S/c1-10(17)11(2)19-13-5-4-12(14(15)8-13)9-16-6-7-18-3/h4-5,8,10-11,16-17H,6-7,9H2,1-3H3. The van der Waals surface area contributed by atoms with E-state index < -0.39 is 0 Å². The SMILES string of the molecule is COCCNCc1ccc(SC(C)C(C)O)cc1Cl. The Morgan fingerprint density at radius 1 is 1.42 bits per heavy atom. The minimum absolute atomic E-state index is 0.154. The summed E-state index contributed by atoms with van der Waals surface area (Å²) >= 11 is 7.89. The molecule has 0 saturated heterocycles. The Bertz CT molecular complexity index is 388. The van der Waals surface area contributed by atoms with Crippen LogP contribution in [0.2, 0.25) is 5.02 Å². The molecule has 0 bridgehead atoms. The second-order valence-corrected chi connectivity index (χ2v) is 6.34.